The van der Waals surface area contributed by atoms with Gasteiger partial charge in [-0.25, -0.2) is 8.42 Å². The number of carbonyl (C=O) groups is 1. The zero-order chi connectivity index (χ0) is 20.4. The first-order valence-electron chi connectivity index (χ1n) is 9.91. The molecule has 1 amide bonds. The number of methoxy groups -OCH3 is 1. The Bertz CT molecular complexity index is 715. The number of piperidine rings is 1. The molecule has 0 spiro atoms. The third-order valence-electron chi connectivity index (χ3n) is 5.00. The van der Waals surface area contributed by atoms with Gasteiger partial charge in [-0.15, -0.1) is 0 Å². The normalized spacial score (nSPS) is 16.1. The Balaban J connectivity index is 1.72. The quantitative estimate of drug-likeness (QED) is 0.557. The first kappa shape index (κ1) is 22.6. The van der Waals surface area contributed by atoms with Crippen LogP contribution in [0.4, 0.5) is 0 Å². The molecule has 1 heterocycles. The molecule has 1 N–H and O–H groups in total. The summed E-state index contributed by atoms with van der Waals surface area (Å²) >= 11 is 0. The molecule has 2 rings (SSSR count). The van der Waals surface area contributed by atoms with Gasteiger partial charge in [0.2, 0.25) is 5.91 Å². The lowest BCUT2D eigenvalue weighted by Crippen LogP contribution is -2.42. The van der Waals surface area contributed by atoms with Crippen molar-refractivity contribution in [1.29, 1.82) is 0 Å². The van der Waals surface area contributed by atoms with Gasteiger partial charge >= 0.3 is 0 Å². The van der Waals surface area contributed by atoms with E-state index in [0.29, 0.717) is 32.1 Å². The standard InChI is InChI=1S/C20H32N2O5S/c1-3-27-14-5-10-21-20(23)17-8-11-22(12-9-17)13-15-28(24,25)19-7-4-6-18(16-19)26-2/h4,6-7,16-17H,3,5,8-15H2,1-2H3,(H,21,23). The van der Waals surface area contributed by atoms with Crippen molar-refractivity contribution in [3.05, 3.63) is 24.3 Å². The van der Waals surface area contributed by atoms with Gasteiger partial charge in [-0.2, -0.15) is 0 Å². The Kier molecular flexibility index (Phi) is 9.21. The highest BCUT2D eigenvalue weighted by Gasteiger charge is 2.26. The van der Waals surface area contributed by atoms with Gasteiger partial charge in [0.25, 0.3) is 0 Å². The van der Waals surface area contributed by atoms with Crippen molar-refractivity contribution in [2.75, 3.05) is 52.3 Å². The summed E-state index contributed by atoms with van der Waals surface area (Å²) in [6.45, 7) is 5.90. The van der Waals surface area contributed by atoms with Gasteiger partial charge in [0.1, 0.15) is 5.75 Å². The maximum absolute atomic E-state index is 12.6. The van der Waals surface area contributed by atoms with Gasteiger partial charge in [0.05, 0.1) is 17.8 Å². The Morgan fingerprint density at radius 1 is 1.29 bits per heavy atom. The second-order valence-electron chi connectivity index (χ2n) is 6.96. The van der Waals surface area contributed by atoms with E-state index in [0.717, 1.165) is 32.4 Å². The van der Waals surface area contributed by atoms with Crippen LogP contribution < -0.4 is 10.1 Å². The average Bonchev–Trinajstić information content (AvgIpc) is 2.72. The maximum atomic E-state index is 12.6. The zero-order valence-corrected chi connectivity index (χ0v) is 17.7. The number of nitrogens with one attached hydrogen (secondary N) is 1. The smallest absolute Gasteiger partial charge is 0.223 e. The molecule has 0 aliphatic carbocycles. The maximum Gasteiger partial charge on any atom is 0.223 e. The molecule has 28 heavy (non-hydrogen) atoms. The van der Waals surface area contributed by atoms with Crippen LogP contribution >= 0.6 is 0 Å². The van der Waals surface area contributed by atoms with Crippen LogP contribution in [0.25, 0.3) is 0 Å². The van der Waals surface area contributed by atoms with E-state index >= 15 is 0 Å². The molecule has 0 unspecified atom stereocenters. The lowest BCUT2D eigenvalue weighted by atomic mass is 9.96. The number of hydrogen-bond acceptors (Lipinski definition) is 6. The highest BCUT2D eigenvalue weighted by atomic mass is 32.2. The second kappa shape index (κ2) is 11.4. The fourth-order valence-corrected chi connectivity index (χ4v) is 4.57. The largest absolute Gasteiger partial charge is 0.497 e. The van der Waals surface area contributed by atoms with E-state index in [2.05, 4.69) is 10.2 Å². The van der Waals surface area contributed by atoms with Crippen molar-refractivity contribution < 1.29 is 22.7 Å². The molecule has 0 radical (unpaired) electrons. The lowest BCUT2D eigenvalue weighted by molar-refractivity contribution is -0.126. The van der Waals surface area contributed by atoms with E-state index in [1.165, 1.54) is 7.11 Å². The summed E-state index contributed by atoms with van der Waals surface area (Å²) in [5.74, 6) is 0.710. The number of amides is 1. The minimum Gasteiger partial charge on any atom is -0.497 e. The van der Waals surface area contributed by atoms with Crippen molar-refractivity contribution in [3.8, 4) is 5.75 Å². The summed E-state index contributed by atoms with van der Waals surface area (Å²) in [6, 6.07) is 6.56. The van der Waals surface area contributed by atoms with Crippen molar-refractivity contribution >= 4 is 15.7 Å². The van der Waals surface area contributed by atoms with Crippen LogP contribution in [0.1, 0.15) is 26.2 Å². The van der Waals surface area contributed by atoms with Gasteiger partial charge in [0.15, 0.2) is 9.84 Å². The third-order valence-corrected chi connectivity index (χ3v) is 6.70. The molecule has 158 valence electrons. The molecule has 1 aliphatic heterocycles. The molecule has 7 nitrogen and oxygen atoms in total. The number of benzene rings is 1. The minimum absolute atomic E-state index is 0.0123. The molecule has 1 aromatic rings. The van der Waals surface area contributed by atoms with Crippen LogP contribution in [0.5, 0.6) is 5.75 Å². The van der Waals surface area contributed by atoms with Gasteiger partial charge < -0.3 is 19.7 Å². The predicted octanol–water partition coefficient (Wildman–Crippen LogP) is 1.72. The summed E-state index contributed by atoms with van der Waals surface area (Å²) in [7, 11) is -1.84. The molecule has 0 saturated carbocycles. The van der Waals surface area contributed by atoms with Crippen LogP contribution in [-0.2, 0) is 19.4 Å². The first-order chi connectivity index (χ1) is 13.5. The van der Waals surface area contributed by atoms with Crippen molar-refractivity contribution in [3.63, 3.8) is 0 Å². The fraction of sp³-hybridized carbons (Fsp3) is 0.650. The minimum atomic E-state index is -3.35. The predicted molar refractivity (Wildman–Crippen MR) is 108 cm³/mol. The number of nitrogens with zero attached hydrogens (tertiary/aromatic N) is 1. The number of sulfone groups is 1. The van der Waals surface area contributed by atoms with Crippen LogP contribution in [0.3, 0.4) is 0 Å². The SMILES string of the molecule is CCOCCCNC(=O)C1CCN(CCS(=O)(=O)c2cccc(OC)c2)CC1. The number of ether oxygens (including phenoxy) is 2. The van der Waals surface area contributed by atoms with E-state index in [9.17, 15) is 13.2 Å². The average molecular weight is 413 g/mol. The monoisotopic (exact) mass is 412 g/mol. The van der Waals surface area contributed by atoms with Crippen molar-refractivity contribution in [2.45, 2.75) is 31.1 Å². The highest BCUT2D eigenvalue weighted by Crippen LogP contribution is 2.20. The van der Waals surface area contributed by atoms with Gasteiger partial charge in [-0.05, 0) is 57.5 Å². The van der Waals surface area contributed by atoms with E-state index in [1.54, 1.807) is 24.3 Å². The first-order valence-corrected chi connectivity index (χ1v) is 11.6. The van der Waals surface area contributed by atoms with Crippen LogP contribution in [0, 0.1) is 5.92 Å². The Hall–Kier alpha value is -1.64. The molecule has 0 bridgehead atoms. The molecule has 0 aromatic heterocycles. The van der Waals surface area contributed by atoms with Crippen molar-refractivity contribution in [2.24, 2.45) is 5.92 Å². The Morgan fingerprint density at radius 2 is 2.04 bits per heavy atom. The summed E-state index contributed by atoms with van der Waals surface area (Å²) in [6.07, 6.45) is 2.34. The fourth-order valence-electron chi connectivity index (χ4n) is 3.26. The molecule has 8 heteroatoms. The summed E-state index contributed by atoms with van der Waals surface area (Å²) < 4.78 is 35.5. The molecule has 1 aromatic carbocycles. The van der Waals surface area contributed by atoms with E-state index in [4.69, 9.17) is 9.47 Å². The molecule has 0 atom stereocenters. The molecular formula is C20H32N2O5S. The summed E-state index contributed by atoms with van der Waals surface area (Å²) in [5.41, 5.74) is 0. The molecule has 1 aliphatic rings. The zero-order valence-electron chi connectivity index (χ0n) is 16.9. The summed E-state index contributed by atoms with van der Waals surface area (Å²) in [4.78, 5) is 14.6. The topological polar surface area (TPSA) is 84.9 Å². The Labute approximate surface area is 168 Å². The number of likely N-dealkylation sites (tertiary alicyclic amines) is 1. The van der Waals surface area contributed by atoms with E-state index < -0.39 is 9.84 Å². The van der Waals surface area contributed by atoms with E-state index in [-0.39, 0.29) is 22.5 Å². The number of rotatable bonds is 11. The number of hydrogen-bond donors (Lipinski definition) is 1. The molecular weight excluding hydrogens is 380 g/mol. The highest BCUT2D eigenvalue weighted by molar-refractivity contribution is 7.91. The molecule has 1 saturated heterocycles. The molecule has 1 fully saturated rings. The van der Waals surface area contributed by atoms with Gasteiger partial charge in [0, 0.05) is 32.2 Å². The third kappa shape index (κ3) is 7.07. The van der Waals surface area contributed by atoms with Gasteiger partial charge in [-0.1, -0.05) is 6.07 Å². The number of carbonyl (C=O) groups excluding carboxylic acids is 1. The van der Waals surface area contributed by atoms with E-state index in [1.807, 2.05) is 6.92 Å². The summed E-state index contributed by atoms with van der Waals surface area (Å²) in [5, 5.41) is 2.97. The van der Waals surface area contributed by atoms with Gasteiger partial charge in [-0.3, -0.25) is 4.79 Å². The van der Waals surface area contributed by atoms with Crippen LogP contribution in [0.2, 0.25) is 0 Å². The lowest BCUT2D eigenvalue weighted by Gasteiger charge is -2.31. The van der Waals surface area contributed by atoms with Crippen LogP contribution in [-0.4, -0.2) is 71.5 Å². The Morgan fingerprint density at radius 3 is 2.71 bits per heavy atom. The van der Waals surface area contributed by atoms with Crippen LogP contribution in [0.15, 0.2) is 29.2 Å². The second-order valence-corrected chi connectivity index (χ2v) is 9.06. The van der Waals surface area contributed by atoms with Crippen molar-refractivity contribution in [1.82, 2.24) is 10.2 Å².